The molecule has 0 saturated carbocycles. The predicted octanol–water partition coefficient (Wildman–Crippen LogP) is 3.39. The minimum Gasteiger partial charge on any atom is -0.483 e. The van der Waals surface area contributed by atoms with E-state index in [1.807, 2.05) is 13.0 Å². The largest absolute Gasteiger partial charge is 0.483 e. The lowest BCUT2D eigenvalue weighted by Crippen LogP contribution is -2.21. The number of anilines is 2. The number of aromatic nitrogens is 1. The number of benzene rings is 2. The third kappa shape index (κ3) is 5.01. The molecule has 0 saturated heterocycles. The summed E-state index contributed by atoms with van der Waals surface area (Å²) in [6.07, 6.45) is 2.61. The van der Waals surface area contributed by atoms with Gasteiger partial charge in [-0.3, -0.25) is 14.4 Å². The van der Waals surface area contributed by atoms with Gasteiger partial charge in [-0.05, 0) is 42.8 Å². The lowest BCUT2D eigenvalue weighted by molar-refractivity contribution is -0.118. The summed E-state index contributed by atoms with van der Waals surface area (Å²) in [7, 11) is 0. The van der Waals surface area contributed by atoms with Crippen LogP contribution in [0.15, 0.2) is 59.5 Å². The summed E-state index contributed by atoms with van der Waals surface area (Å²) >= 11 is 0. The average molecular weight is 393 g/mol. The van der Waals surface area contributed by atoms with Crippen LogP contribution in [0.25, 0.3) is 10.8 Å². The minimum atomic E-state index is -0.346. The molecular formula is C22H23N3O4. The van der Waals surface area contributed by atoms with Gasteiger partial charge in [-0.25, -0.2) is 0 Å². The van der Waals surface area contributed by atoms with E-state index < -0.39 is 0 Å². The van der Waals surface area contributed by atoms with Gasteiger partial charge in [0.05, 0.1) is 5.39 Å². The van der Waals surface area contributed by atoms with Gasteiger partial charge in [0.1, 0.15) is 5.75 Å². The first-order valence-electron chi connectivity index (χ1n) is 9.40. The van der Waals surface area contributed by atoms with E-state index in [2.05, 4.69) is 10.6 Å². The number of rotatable bonds is 7. The van der Waals surface area contributed by atoms with Crippen LogP contribution in [0.4, 0.5) is 11.4 Å². The molecule has 1 heterocycles. The number of carbonyl (C=O) groups is 2. The summed E-state index contributed by atoms with van der Waals surface area (Å²) in [5.41, 5.74) is 1.06. The highest BCUT2D eigenvalue weighted by Gasteiger charge is 2.10. The number of hydrogen-bond donors (Lipinski definition) is 2. The van der Waals surface area contributed by atoms with Crippen LogP contribution < -0.4 is 20.9 Å². The van der Waals surface area contributed by atoms with Crippen LogP contribution in [0.3, 0.4) is 0 Å². The smallest absolute Gasteiger partial charge is 0.262 e. The molecule has 2 N–H and O–H groups in total. The number of ether oxygens (including phenoxy) is 1. The van der Waals surface area contributed by atoms with Crippen LogP contribution >= 0.6 is 0 Å². The normalized spacial score (nSPS) is 10.6. The zero-order valence-corrected chi connectivity index (χ0v) is 16.4. The van der Waals surface area contributed by atoms with E-state index in [-0.39, 0.29) is 24.0 Å². The fourth-order valence-corrected chi connectivity index (χ4v) is 3.05. The molecule has 0 aliphatic heterocycles. The lowest BCUT2D eigenvalue weighted by Gasteiger charge is -2.12. The number of nitrogens with zero attached hydrogens (tertiary/aromatic N) is 1. The number of fused-ring (bicyclic) bond motifs is 1. The van der Waals surface area contributed by atoms with Gasteiger partial charge in [0.2, 0.25) is 5.91 Å². The molecule has 0 atom stereocenters. The third-order valence-electron chi connectivity index (χ3n) is 4.27. The molecule has 0 bridgehead atoms. The molecule has 29 heavy (non-hydrogen) atoms. The van der Waals surface area contributed by atoms with Crippen molar-refractivity contribution in [1.29, 1.82) is 0 Å². The van der Waals surface area contributed by atoms with E-state index in [4.69, 9.17) is 4.74 Å². The number of hydrogen-bond acceptors (Lipinski definition) is 4. The maximum atomic E-state index is 12.6. The topological polar surface area (TPSA) is 89.4 Å². The molecule has 0 spiro atoms. The Morgan fingerprint density at radius 2 is 1.72 bits per heavy atom. The maximum Gasteiger partial charge on any atom is 0.262 e. The fourth-order valence-electron chi connectivity index (χ4n) is 3.05. The van der Waals surface area contributed by atoms with Crippen molar-refractivity contribution in [3.63, 3.8) is 0 Å². The van der Waals surface area contributed by atoms with Crippen LogP contribution in [0.1, 0.15) is 20.3 Å². The van der Waals surface area contributed by atoms with Gasteiger partial charge < -0.3 is 19.9 Å². The average Bonchev–Trinajstić information content (AvgIpc) is 2.68. The second-order valence-corrected chi connectivity index (χ2v) is 6.63. The van der Waals surface area contributed by atoms with Gasteiger partial charge in [-0.1, -0.05) is 19.1 Å². The Hall–Kier alpha value is -3.61. The second-order valence-electron chi connectivity index (χ2n) is 6.63. The molecule has 1 aromatic heterocycles. The van der Waals surface area contributed by atoms with Gasteiger partial charge in [-0.2, -0.15) is 0 Å². The Kier molecular flexibility index (Phi) is 6.29. The standard InChI is InChI=1S/C22H23N3O4/c1-3-11-25-12-10-18-19(22(25)28)8-5-9-20(18)29-14-21(27)24-17-7-4-6-16(13-17)23-15(2)26/h4-10,12-13H,3,11,14H2,1-2H3,(H,23,26)(H,24,27). The van der Waals surface area contributed by atoms with Crippen LogP contribution in [-0.4, -0.2) is 23.0 Å². The monoisotopic (exact) mass is 393 g/mol. The zero-order valence-electron chi connectivity index (χ0n) is 16.4. The first-order chi connectivity index (χ1) is 14.0. The van der Waals surface area contributed by atoms with Crippen molar-refractivity contribution in [3.05, 3.63) is 65.1 Å². The second kappa shape index (κ2) is 9.05. The van der Waals surface area contributed by atoms with Crippen molar-refractivity contribution in [2.24, 2.45) is 0 Å². The Balaban J connectivity index is 1.70. The molecule has 3 aromatic rings. The van der Waals surface area contributed by atoms with E-state index in [1.165, 1.54) is 6.92 Å². The van der Waals surface area contributed by atoms with Crippen molar-refractivity contribution in [2.45, 2.75) is 26.8 Å². The zero-order chi connectivity index (χ0) is 20.8. The molecule has 7 heteroatoms. The molecule has 2 amide bonds. The quantitative estimate of drug-likeness (QED) is 0.644. The van der Waals surface area contributed by atoms with Crippen LogP contribution in [0, 0.1) is 0 Å². The summed E-state index contributed by atoms with van der Waals surface area (Å²) in [6, 6.07) is 13.9. The highest BCUT2D eigenvalue weighted by molar-refractivity contribution is 5.94. The van der Waals surface area contributed by atoms with E-state index in [1.54, 1.807) is 53.2 Å². The van der Waals surface area contributed by atoms with Crippen molar-refractivity contribution < 1.29 is 14.3 Å². The van der Waals surface area contributed by atoms with Crippen LogP contribution in [0.5, 0.6) is 5.75 Å². The first kappa shape index (κ1) is 20.1. The summed E-state index contributed by atoms with van der Waals surface area (Å²) in [5.74, 6) is -0.0579. The van der Waals surface area contributed by atoms with Crippen molar-refractivity contribution in [3.8, 4) is 5.75 Å². The third-order valence-corrected chi connectivity index (χ3v) is 4.27. The molecule has 0 aliphatic carbocycles. The van der Waals surface area contributed by atoms with E-state index >= 15 is 0 Å². The molecule has 0 aliphatic rings. The Morgan fingerprint density at radius 3 is 2.45 bits per heavy atom. The Labute approximate surface area is 168 Å². The van der Waals surface area contributed by atoms with Gasteiger partial charge in [-0.15, -0.1) is 0 Å². The first-order valence-corrected chi connectivity index (χ1v) is 9.40. The lowest BCUT2D eigenvalue weighted by atomic mass is 10.1. The van der Waals surface area contributed by atoms with E-state index in [9.17, 15) is 14.4 Å². The molecule has 7 nitrogen and oxygen atoms in total. The summed E-state index contributed by atoms with van der Waals surface area (Å²) in [5, 5.41) is 6.62. The molecule has 2 aromatic carbocycles. The highest BCUT2D eigenvalue weighted by Crippen LogP contribution is 2.23. The van der Waals surface area contributed by atoms with Gasteiger partial charge in [0.15, 0.2) is 6.61 Å². The van der Waals surface area contributed by atoms with E-state index in [0.717, 1.165) is 6.42 Å². The molecule has 0 unspecified atom stereocenters. The Morgan fingerprint density at radius 1 is 1.00 bits per heavy atom. The van der Waals surface area contributed by atoms with Gasteiger partial charge in [0.25, 0.3) is 11.5 Å². The molecule has 0 fully saturated rings. The highest BCUT2D eigenvalue weighted by atomic mass is 16.5. The van der Waals surface area contributed by atoms with Crippen LogP contribution in [-0.2, 0) is 16.1 Å². The summed E-state index contributed by atoms with van der Waals surface area (Å²) in [6.45, 7) is 3.88. The number of nitrogens with one attached hydrogen (secondary N) is 2. The molecular weight excluding hydrogens is 370 g/mol. The van der Waals surface area contributed by atoms with E-state index in [0.29, 0.717) is 34.4 Å². The molecule has 150 valence electrons. The van der Waals surface area contributed by atoms with Crippen molar-refractivity contribution in [2.75, 3.05) is 17.2 Å². The predicted molar refractivity (Wildman–Crippen MR) is 113 cm³/mol. The Bertz CT molecular complexity index is 1100. The van der Waals surface area contributed by atoms with Crippen molar-refractivity contribution >= 4 is 34.0 Å². The molecule has 0 radical (unpaired) electrons. The van der Waals surface area contributed by atoms with Crippen LogP contribution in [0.2, 0.25) is 0 Å². The SMILES string of the molecule is CCCn1ccc2c(OCC(=O)Nc3cccc(NC(C)=O)c3)cccc2c1=O. The van der Waals surface area contributed by atoms with Crippen molar-refractivity contribution in [1.82, 2.24) is 4.57 Å². The minimum absolute atomic E-state index is 0.0750. The number of pyridine rings is 1. The fraction of sp³-hybridized carbons (Fsp3) is 0.227. The van der Waals surface area contributed by atoms with Gasteiger partial charge in [0, 0.05) is 36.4 Å². The maximum absolute atomic E-state index is 12.6. The summed E-state index contributed by atoms with van der Waals surface area (Å²) < 4.78 is 7.34. The molecule has 3 rings (SSSR count). The summed E-state index contributed by atoms with van der Waals surface area (Å²) in [4.78, 5) is 36.0. The number of aryl methyl sites for hydroxylation is 1. The number of carbonyl (C=O) groups excluding carboxylic acids is 2. The van der Waals surface area contributed by atoms with Gasteiger partial charge >= 0.3 is 0 Å². The number of amides is 2.